The quantitative estimate of drug-likeness (QED) is 0.851. The van der Waals surface area contributed by atoms with Crippen molar-refractivity contribution >= 4 is 11.9 Å². The van der Waals surface area contributed by atoms with E-state index in [-0.39, 0.29) is 11.9 Å². The van der Waals surface area contributed by atoms with Crippen molar-refractivity contribution in [3.05, 3.63) is 35.4 Å². The monoisotopic (exact) mass is 331 g/mol. The molecule has 0 aliphatic carbocycles. The number of rotatable bonds is 4. The van der Waals surface area contributed by atoms with Crippen LogP contribution in [0.1, 0.15) is 37.3 Å². The van der Waals surface area contributed by atoms with Gasteiger partial charge in [-0.25, -0.2) is 4.79 Å². The van der Waals surface area contributed by atoms with Crippen molar-refractivity contribution in [1.82, 2.24) is 14.7 Å². The number of carbonyl (C=O) groups excluding carboxylic acids is 2. The van der Waals surface area contributed by atoms with Crippen molar-refractivity contribution in [3.8, 4) is 0 Å². The molecule has 1 aromatic rings. The van der Waals surface area contributed by atoms with Crippen LogP contribution in [0.15, 0.2) is 24.3 Å². The normalized spacial score (nSPS) is 14.9. The molecule has 5 nitrogen and oxygen atoms in total. The van der Waals surface area contributed by atoms with Gasteiger partial charge in [0.1, 0.15) is 0 Å². The van der Waals surface area contributed by atoms with Crippen molar-refractivity contribution in [2.75, 3.05) is 40.3 Å². The number of aryl methyl sites for hydroxylation is 1. The van der Waals surface area contributed by atoms with Crippen LogP contribution in [0, 0.1) is 0 Å². The van der Waals surface area contributed by atoms with Crippen molar-refractivity contribution in [2.24, 2.45) is 0 Å². The second-order valence-corrected chi connectivity index (χ2v) is 6.94. The minimum Gasteiger partial charge on any atom is -0.339 e. The van der Waals surface area contributed by atoms with E-state index in [2.05, 4.69) is 38.1 Å². The Bertz CT molecular complexity index is 558. The van der Waals surface area contributed by atoms with Gasteiger partial charge in [0.15, 0.2) is 0 Å². The van der Waals surface area contributed by atoms with Gasteiger partial charge in [0.2, 0.25) is 5.91 Å². The minimum atomic E-state index is 0.0207. The van der Waals surface area contributed by atoms with Gasteiger partial charge in [0.05, 0.1) is 0 Å². The maximum absolute atomic E-state index is 12.4. The molecule has 0 bridgehead atoms. The molecule has 3 amide bonds. The summed E-state index contributed by atoms with van der Waals surface area (Å²) in [7, 11) is 3.51. The zero-order chi connectivity index (χ0) is 17.7. The van der Waals surface area contributed by atoms with Gasteiger partial charge in [-0.3, -0.25) is 4.79 Å². The lowest BCUT2D eigenvalue weighted by molar-refractivity contribution is -0.132. The van der Waals surface area contributed by atoms with Crippen LogP contribution in [0.5, 0.6) is 0 Å². The Kier molecular flexibility index (Phi) is 6.23. The number of hydrogen-bond acceptors (Lipinski definition) is 2. The van der Waals surface area contributed by atoms with Crippen LogP contribution in [0.4, 0.5) is 4.79 Å². The first-order valence-electron chi connectivity index (χ1n) is 8.71. The molecule has 0 unspecified atom stereocenters. The predicted octanol–water partition coefficient (Wildman–Crippen LogP) is 2.57. The number of carbonyl (C=O) groups is 2. The van der Waals surface area contributed by atoms with Crippen LogP contribution in [0.3, 0.4) is 0 Å². The molecule has 0 N–H and O–H groups in total. The molecule has 0 aromatic heterocycles. The van der Waals surface area contributed by atoms with E-state index < -0.39 is 0 Å². The Balaban J connectivity index is 1.78. The summed E-state index contributed by atoms with van der Waals surface area (Å²) in [6.07, 6.45) is 1.30. The molecule has 5 heteroatoms. The van der Waals surface area contributed by atoms with Crippen LogP contribution in [0.25, 0.3) is 0 Å². The van der Waals surface area contributed by atoms with Gasteiger partial charge in [-0.05, 0) is 23.5 Å². The minimum absolute atomic E-state index is 0.0207. The first kappa shape index (κ1) is 18.3. The Morgan fingerprint density at radius 1 is 1.00 bits per heavy atom. The lowest BCUT2D eigenvalue weighted by Crippen LogP contribution is -2.52. The third kappa shape index (κ3) is 4.73. The van der Waals surface area contributed by atoms with Gasteiger partial charge >= 0.3 is 6.03 Å². The van der Waals surface area contributed by atoms with Crippen molar-refractivity contribution in [3.63, 3.8) is 0 Å². The number of urea groups is 1. The largest absolute Gasteiger partial charge is 0.339 e. The molecule has 132 valence electrons. The van der Waals surface area contributed by atoms with Gasteiger partial charge in [-0.15, -0.1) is 0 Å². The summed E-state index contributed by atoms with van der Waals surface area (Å²) >= 11 is 0. The van der Waals surface area contributed by atoms with E-state index in [1.165, 1.54) is 11.1 Å². The van der Waals surface area contributed by atoms with Gasteiger partial charge < -0.3 is 14.7 Å². The van der Waals surface area contributed by atoms with Gasteiger partial charge in [0, 0.05) is 46.7 Å². The summed E-state index contributed by atoms with van der Waals surface area (Å²) < 4.78 is 0. The predicted molar refractivity (Wildman–Crippen MR) is 96.1 cm³/mol. The molecule has 2 rings (SSSR count). The molecule has 1 aliphatic rings. The van der Waals surface area contributed by atoms with Gasteiger partial charge in [-0.1, -0.05) is 38.1 Å². The van der Waals surface area contributed by atoms with Gasteiger partial charge in [0.25, 0.3) is 0 Å². The molecule has 1 heterocycles. The average molecular weight is 331 g/mol. The van der Waals surface area contributed by atoms with Crippen LogP contribution < -0.4 is 0 Å². The van der Waals surface area contributed by atoms with Crippen LogP contribution in [0.2, 0.25) is 0 Å². The smallest absolute Gasteiger partial charge is 0.319 e. The van der Waals surface area contributed by atoms with Gasteiger partial charge in [-0.2, -0.15) is 0 Å². The Morgan fingerprint density at radius 3 is 2.04 bits per heavy atom. The van der Waals surface area contributed by atoms with E-state index in [1.54, 1.807) is 23.9 Å². The molecule has 0 saturated carbocycles. The molecule has 1 aliphatic heterocycles. The zero-order valence-electron chi connectivity index (χ0n) is 15.3. The standard InChI is InChI=1S/C19H29N3O2/c1-15(2)17-8-5-16(6-9-17)7-10-18(23)21-11-13-22(14-12-21)19(24)20(3)4/h5-6,8-9,15H,7,10-14H2,1-4H3. The van der Waals surface area contributed by atoms with Crippen molar-refractivity contribution in [2.45, 2.75) is 32.6 Å². The fourth-order valence-corrected chi connectivity index (χ4v) is 2.91. The summed E-state index contributed by atoms with van der Waals surface area (Å²) in [6.45, 7) is 6.85. The molecule has 0 radical (unpaired) electrons. The van der Waals surface area contributed by atoms with Crippen LogP contribution in [-0.4, -0.2) is 66.9 Å². The number of hydrogen-bond donors (Lipinski definition) is 0. The molecule has 1 aromatic carbocycles. The maximum Gasteiger partial charge on any atom is 0.319 e. The second kappa shape index (κ2) is 8.18. The van der Waals surface area contributed by atoms with E-state index in [9.17, 15) is 9.59 Å². The first-order chi connectivity index (χ1) is 11.4. The van der Waals surface area contributed by atoms with Crippen LogP contribution >= 0.6 is 0 Å². The average Bonchev–Trinajstić information content (AvgIpc) is 2.59. The van der Waals surface area contributed by atoms with Crippen molar-refractivity contribution in [1.29, 1.82) is 0 Å². The second-order valence-electron chi connectivity index (χ2n) is 6.94. The Hall–Kier alpha value is -2.04. The fourth-order valence-electron chi connectivity index (χ4n) is 2.91. The highest BCUT2D eigenvalue weighted by atomic mass is 16.2. The van der Waals surface area contributed by atoms with Crippen molar-refractivity contribution < 1.29 is 9.59 Å². The first-order valence-corrected chi connectivity index (χ1v) is 8.71. The Morgan fingerprint density at radius 2 is 1.54 bits per heavy atom. The lowest BCUT2D eigenvalue weighted by Gasteiger charge is -2.36. The molecule has 0 spiro atoms. The highest BCUT2D eigenvalue weighted by molar-refractivity contribution is 5.77. The van der Waals surface area contributed by atoms with Crippen LogP contribution in [-0.2, 0) is 11.2 Å². The number of nitrogens with zero attached hydrogens (tertiary/aromatic N) is 3. The van der Waals surface area contributed by atoms with E-state index in [0.29, 0.717) is 38.5 Å². The molecule has 24 heavy (non-hydrogen) atoms. The molecule has 1 fully saturated rings. The highest BCUT2D eigenvalue weighted by Gasteiger charge is 2.24. The number of amides is 3. The summed E-state index contributed by atoms with van der Waals surface area (Å²) in [6, 6.07) is 8.56. The molecular weight excluding hydrogens is 302 g/mol. The zero-order valence-corrected chi connectivity index (χ0v) is 15.3. The SMILES string of the molecule is CC(C)c1ccc(CCC(=O)N2CCN(C(=O)N(C)C)CC2)cc1. The molecule has 1 saturated heterocycles. The summed E-state index contributed by atoms with van der Waals surface area (Å²) in [5.74, 6) is 0.710. The summed E-state index contributed by atoms with van der Waals surface area (Å²) in [5.41, 5.74) is 2.53. The number of piperazine rings is 1. The van der Waals surface area contributed by atoms with E-state index in [4.69, 9.17) is 0 Å². The third-order valence-corrected chi connectivity index (χ3v) is 4.56. The summed E-state index contributed by atoms with van der Waals surface area (Å²) in [5, 5.41) is 0. The fraction of sp³-hybridized carbons (Fsp3) is 0.579. The third-order valence-electron chi connectivity index (χ3n) is 4.56. The van der Waals surface area contributed by atoms with E-state index in [1.807, 2.05) is 4.90 Å². The summed E-state index contributed by atoms with van der Waals surface area (Å²) in [4.78, 5) is 29.5. The molecular formula is C19H29N3O2. The van der Waals surface area contributed by atoms with E-state index in [0.717, 1.165) is 6.42 Å². The van der Waals surface area contributed by atoms with E-state index >= 15 is 0 Å². The number of benzene rings is 1. The Labute approximate surface area is 145 Å². The lowest BCUT2D eigenvalue weighted by atomic mass is 10.00. The highest BCUT2D eigenvalue weighted by Crippen LogP contribution is 2.16. The maximum atomic E-state index is 12.4. The topological polar surface area (TPSA) is 43.9 Å². The molecule has 0 atom stereocenters.